The summed E-state index contributed by atoms with van der Waals surface area (Å²) in [7, 11) is 0. The molecule has 1 aromatic rings. The van der Waals surface area contributed by atoms with Crippen LogP contribution in [0.4, 0.5) is 13.2 Å². The van der Waals surface area contributed by atoms with Gasteiger partial charge in [-0.25, -0.2) is 0 Å². The van der Waals surface area contributed by atoms with Gasteiger partial charge < -0.3 is 0 Å². The molecule has 0 saturated carbocycles. The molecule has 21 heavy (non-hydrogen) atoms. The van der Waals surface area contributed by atoms with Gasteiger partial charge in [0.25, 0.3) is 0 Å². The second-order valence-electron chi connectivity index (χ2n) is 5.33. The summed E-state index contributed by atoms with van der Waals surface area (Å²) >= 11 is 5.65. The molecule has 0 fully saturated rings. The number of hydrogen-bond donors (Lipinski definition) is 0. The number of benzene rings is 1. The zero-order valence-electron chi connectivity index (χ0n) is 11.7. The maximum absolute atomic E-state index is 12.9. The molecule has 2 rings (SSSR count). The van der Waals surface area contributed by atoms with E-state index in [2.05, 4.69) is 0 Å². The van der Waals surface area contributed by atoms with Gasteiger partial charge in [-0.2, -0.15) is 13.2 Å². The summed E-state index contributed by atoms with van der Waals surface area (Å²) in [5.74, 6) is 0.557. The quantitative estimate of drug-likeness (QED) is 0.415. The Bertz CT molecular complexity index is 470. The molecule has 0 saturated heterocycles. The van der Waals surface area contributed by atoms with E-state index in [0.717, 1.165) is 24.8 Å². The van der Waals surface area contributed by atoms with Crippen LogP contribution in [0.15, 0.2) is 42.0 Å². The van der Waals surface area contributed by atoms with E-state index in [0.29, 0.717) is 12.4 Å². The van der Waals surface area contributed by atoms with E-state index < -0.39 is 11.7 Å². The van der Waals surface area contributed by atoms with Crippen molar-refractivity contribution in [3.8, 4) is 0 Å². The molecule has 0 aliphatic carbocycles. The van der Waals surface area contributed by atoms with Crippen LogP contribution in [0.5, 0.6) is 0 Å². The minimum atomic E-state index is -4.23. The maximum atomic E-state index is 12.9. The molecule has 1 heterocycles. The second-order valence-corrected chi connectivity index (χ2v) is 5.71. The molecule has 0 aromatic heterocycles. The summed E-state index contributed by atoms with van der Waals surface area (Å²) in [6.07, 6.45) is -0.431. The smallest absolute Gasteiger partial charge is 0.288 e. The van der Waals surface area contributed by atoms with Crippen LogP contribution in [-0.4, -0.2) is 29.5 Å². The lowest BCUT2D eigenvalue weighted by atomic mass is 10.1. The highest BCUT2D eigenvalue weighted by atomic mass is 35.5. The first-order valence-corrected chi connectivity index (χ1v) is 7.66. The molecule has 116 valence electrons. The fourth-order valence-corrected chi connectivity index (χ4v) is 2.80. The van der Waals surface area contributed by atoms with Gasteiger partial charge in [-0.3, -0.25) is 4.90 Å². The molecule has 1 atom stereocenters. The number of hydrogen-bond acceptors (Lipinski definition) is 1. The third-order valence-electron chi connectivity index (χ3n) is 3.71. The van der Waals surface area contributed by atoms with Crippen LogP contribution in [0.3, 0.4) is 0 Å². The first kappa shape index (κ1) is 16.4. The first-order valence-electron chi connectivity index (χ1n) is 7.12. The highest BCUT2D eigenvalue weighted by Crippen LogP contribution is 2.33. The maximum Gasteiger partial charge on any atom is 0.413 e. The normalized spacial score (nSPS) is 19.8. The predicted molar refractivity (Wildman–Crippen MR) is 79.3 cm³/mol. The zero-order valence-corrected chi connectivity index (χ0v) is 12.5. The van der Waals surface area contributed by atoms with E-state index in [9.17, 15) is 13.2 Å². The van der Waals surface area contributed by atoms with Gasteiger partial charge in [-0.1, -0.05) is 42.8 Å². The highest BCUT2D eigenvalue weighted by Gasteiger charge is 2.39. The van der Waals surface area contributed by atoms with Crippen molar-refractivity contribution in [2.45, 2.75) is 38.0 Å². The van der Waals surface area contributed by atoms with Crippen LogP contribution in [-0.2, 0) is 6.54 Å². The number of unbranched alkanes of at least 4 members (excludes halogenated alkanes) is 1. The van der Waals surface area contributed by atoms with Gasteiger partial charge in [-0.05, 0) is 18.4 Å². The molecule has 1 aromatic carbocycles. The molecular formula is C16H19ClF3N. The van der Waals surface area contributed by atoms with Crippen molar-refractivity contribution in [3.63, 3.8) is 0 Å². The Morgan fingerprint density at radius 1 is 1.14 bits per heavy atom. The van der Waals surface area contributed by atoms with E-state index in [1.165, 1.54) is 6.08 Å². The number of rotatable bonds is 6. The number of alkyl halides is 4. The molecule has 0 radical (unpaired) electrons. The largest absolute Gasteiger partial charge is 0.413 e. The van der Waals surface area contributed by atoms with Crippen molar-refractivity contribution in [2.75, 3.05) is 12.4 Å². The summed E-state index contributed by atoms with van der Waals surface area (Å²) in [5.41, 5.74) is 0.617. The van der Waals surface area contributed by atoms with Crippen LogP contribution < -0.4 is 0 Å². The third kappa shape index (κ3) is 4.75. The Labute approximate surface area is 128 Å². The van der Waals surface area contributed by atoms with Crippen LogP contribution in [0, 0.1) is 0 Å². The average Bonchev–Trinajstić information content (AvgIpc) is 2.84. The Kier molecular flexibility index (Phi) is 5.71. The lowest BCUT2D eigenvalue weighted by molar-refractivity contribution is -0.0937. The average molecular weight is 318 g/mol. The van der Waals surface area contributed by atoms with E-state index in [4.69, 9.17) is 11.6 Å². The van der Waals surface area contributed by atoms with E-state index in [1.54, 1.807) is 0 Å². The van der Waals surface area contributed by atoms with E-state index in [-0.39, 0.29) is 12.6 Å². The predicted octanol–water partition coefficient (Wildman–Crippen LogP) is 4.77. The van der Waals surface area contributed by atoms with Crippen molar-refractivity contribution in [3.05, 3.63) is 47.5 Å². The molecule has 1 nitrogen and oxygen atoms in total. The van der Waals surface area contributed by atoms with Crippen LogP contribution in [0.1, 0.15) is 24.8 Å². The molecule has 0 bridgehead atoms. The molecule has 0 N–H and O–H groups in total. The lowest BCUT2D eigenvalue weighted by Crippen LogP contribution is -2.31. The molecule has 1 unspecified atom stereocenters. The van der Waals surface area contributed by atoms with Crippen molar-refractivity contribution in [2.24, 2.45) is 0 Å². The van der Waals surface area contributed by atoms with Crippen LogP contribution >= 0.6 is 11.6 Å². The fourth-order valence-electron chi connectivity index (χ4n) is 2.62. The van der Waals surface area contributed by atoms with Crippen molar-refractivity contribution >= 4 is 11.6 Å². The minimum absolute atomic E-state index is 0.0239. The van der Waals surface area contributed by atoms with Crippen molar-refractivity contribution in [1.29, 1.82) is 0 Å². The zero-order chi connectivity index (χ0) is 15.3. The summed E-state index contributed by atoms with van der Waals surface area (Å²) in [5, 5.41) is 0. The fraction of sp³-hybridized carbons (Fsp3) is 0.500. The second kappa shape index (κ2) is 7.32. The molecule has 1 aliphatic heterocycles. The standard InChI is InChI=1S/C16H19ClF3N/c17-9-5-4-8-15-10-14(16(18,19)20)12-21(15)11-13-6-2-1-3-7-13/h1-3,6-7,10,15H,4-5,8-9,11-12H2. The number of halogens is 4. The highest BCUT2D eigenvalue weighted by molar-refractivity contribution is 6.17. The molecule has 5 heteroatoms. The monoisotopic (exact) mass is 317 g/mol. The van der Waals surface area contributed by atoms with Crippen molar-refractivity contribution < 1.29 is 13.2 Å². The first-order chi connectivity index (χ1) is 10.0. The van der Waals surface area contributed by atoms with Gasteiger partial charge >= 0.3 is 6.18 Å². The number of nitrogens with zero attached hydrogens (tertiary/aromatic N) is 1. The van der Waals surface area contributed by atoms with Gasteiger partial charge in [0.05, 0.1) is 0 Å². The Morgan fingerprint density at radius 2 is 1.86 bits per heavy atom. The van der Waals surface area contributed by atoms with Gasteiger partial charge in [-0.15, -0.1) is 11.6 Å². The van der Waals surface area contributed by atoms with Crippen molar-refractivity contribution in [1.82, 2.24) is 4.90 Å². The van der Waals surface area contributed by atoms with Gasteiger partial charge in [0, 0.05) is 30.6 Å². The summed E-state index contributed by atoms with van der Waals surface area (Å²) < 4.78 is 38.8. The molecule has 0 spiro atoms. The van der Waals surface area contributed by atoms with Crippen LogP contribution in [0.25, 0.3) is 0 Å². The van der Waals surface area contributed by atoms with Gasteiger partial charge in [0.2, 0.25) is 0 Å². The Hall–Kier alpha value is -1.00. The third-order valence-corrected chi connectivity index (χ3v) is 3.98. The SMILES string of the molecule is FC(F)(F)C1=CC(CCCCCl)N(Cc2ccccc2)C1. The summed E-state index contributed by atoms with van der Waals surface area (Å²) in [6, 6.07) is 9.47. The lowest BCUT2D eigenvalue weighted by Gasteiger charge is -2.24. The molecule has 0 amide bonds. The van der Waals surface area contributed by atoms with Gasteiger partial charge in [0.1, 0.15) is 0 Å². The molecule has 1 aliphatic rings. The topological polar surface area (TPSA) is 3.24 Å². The van der Waals surface area contributed by atoms with Gasteiger partial charge in [0.15, 0.2) is 0 Å². The van der Waals surface area contributed by atoms with E-state index >= 15 is 0 Å². The molecular weight excluding hydrogens is 299 g/mol. The van der Waals surface area contributed by atoms with E-state index in [1.807, 2.05) is 35.2 Å². The minimum Gasteiger partial charge on any atom is -0.288 e. The van der Waals surface area contributed by atoms with Crippen LogP contribution in [0.2, 0.25) is 0 Å². The Morgan fingerprint density at radius 3 is 2.48 bits per heavy atom. The summed E-state index contributed by atoms with van der Waals surface area (Å²) in [6.45, 7) is 0.520. The summed E-state index contributed by atoms with van der Waals surface area (Å²) in [4.78, 5) is 1.90. The Balaban J connectivity index is 2.04.